The van der Waals surface area contributed by atoms with Crippen LogP contribution in [0.25, 0.3) is 0 Å². The minimum Gasteiger partial charge on any atom is -0.394 e. The standard InChI is InChI=1S/C18H35N3O8/c1-17(2)6-10(7-18(3,4)21(17)29-5)20-16(28)15(27)19-8-11(23)13(25)14(26)12(24)9-22/h10-14,22-26H,6-9H2,1-5H3,(H,19,27)(H,20,28). The average Bonchev–Trinajstić information content (AvgIpc) is 2.61. The SMILES string of the molecule is CON1C(C)(C)CC(NC(=O)C(=O)NCC(O)C(O)C(O)C(O)CO)CC1(C)C. The molecule has 4 atom stereocenters. The van der Waals surface area contributed by atoms with E-state index in [-0.39, 0.29) is 17.1 Å². The molecule has 1 aliphatic rings. The van der Waals surface area contributed by atoms with Crippen molar-refractivity contribution in [3.05, 3.63) is 0 Å². The van der Waals surface area contributed by atoms with Gasteiger partial charge in [0.25, 0.3) is 0 Å². The highest BCUT2D eigenvalue weighted by atomic mass is 16.7. The van der Waals surface area contributed by atoms with Crippen LogP contribution in [0.4, 0.5) is 0 Å². The maximum Gasteiger partial charge on any atom is 0.309 e. The number of hydrogen-bond acceptors (Lipinski definition) is 9. The van der Waals surface area contributed by atoms with E-state index in [1.165, 1.54) is 0 Å². The molecule has 1 heterocycles. The molecule has 1 fully saturated rings. The Morgan fingerprint density at radius 1 is 1.00 bits per heavy atom. The minimum absolute atomic E-state index is 0.276. The fourth-order valence-corrected chi connectivity index (χ4v) is 4.07. The second kappa shape index (κ2) is 10.1. The summed E-state index contributed by atoms with van der Waals surface area (Å²) in [6.45, 7) is 6.55. The summed E-state index contributed by atoms with van der Waals surface area (Å²) in [4.78, 5) is 29.8. The zero-order chi connectivity index (χ0) is 22.6. The van der Waals surface area contributed by atoms with Crippen LogP contribution in [0.5, 0.6) is 0 Å². The average molecular weight is 421 g/mol. The molecule has 0 spiro atoms. The molecule has 7 N–H and O–H groups in total. The Morgan fingerprint density at radius 3 is 1.93 bits per heavy atom. The van der Waals surface area contributed by atoms with Crippen LogP contribution >= 0.6 is 0 Å². The molecule has 29 heavy (non-hydrogen) atoms. The van der Waals surface area contributed by atoms with Crippen molar-refractivity contribution in [2.45, 2.75) is 82.1 Å². The summed E-state index contributed by atoms with van der Waals surface area (Å²) in [6.07, 6.45) is -5.82. The maximum atomic E-state index is 12.2. The van der Waals surface area contributed by atoms with Crippen LogP contribution in [0, 0.1) is 0 Å². The number of hydroxylamine groups is 2. The van der Waals surface area contributed by atoms with Gasteiger partial charge in [0.2, 0.25) is 0 Å². The van der Waals surface area contributed by atoms with E-state index in [9.17, 15) is 30.0 Å². The molecule has 1 aliphatic heterocycles. The van der Waals surface area contributed by atoms with Gasteiger partial charge in [0.05, 0.1) is 19.8 Å². The zero-order valence-electron chi connectivity index (χ0n) is 17.6. The van der Waals surface area contributed by atoms with E-state index in [1.54, 1.807) is 7.11 Å². The van der Waals surface area contributed by atoms with Crippen LogP contribution in [-0.2, 0) is 14.4 Å². The number of amides is 2. The molecule has 0 radical (unpaired) electrons. The van der Waals surface area contributed by atoms with Crippen molar-refractivity contribution in [2.24, 2.45) is 0 Å². The van der Waals surface area contributed by atoms with Crippen LogP contribution in [-0.4, -0.2) is 104 Å². The van der Waals surface area contributed by atoms with E-state index in [2.05, 4.69) is 10.6 Å². The van der Waals surface area contributed by atoms with Gasteiger partial charge in [-0.25, -0.2) is 0 Å². The second-order valence-electron chi connectivity index (χ2n) is 8.69. The third-order valence-corrected chi connectivity index (χ3v) is 5.11. The highest BCUT2D eigenvalue weighted by molar-refractivity contribution is 6.35. The van der Waals surface area contributed by atoms with E-state index in [0.29, 0.717) is 12.8 Å². The van der Waals surface area contributed by atoms with Crippen LogP contribution in [0.1, 0.15) is 40.5 Å². The first kappa shape index (κ1) is 25.7. The Morgan fingerprint density at radius 2 is 1.48 bits per heavy atom. The molecule has 0 saturated carbocycles. The van der Waals surface area contributed by atoms with Gasteiger partial charge in [0, 0.05) is 23.7 Å². The first-order valence-electron chi connectivity index (χ1n) is 9.53. The number of nitrogens with zero attached hydrogens (tertiary/aromatic N) is 1. The molecule has 0 aromatic heterocycles. The molecule has 4 unspecified atom stereocenters. The fourth-order valence-electron chi connectivity index (χ4n) is 4.07. The smallest absolute Gasteiger partial charge is 0.309 e. The molecule has 11 heteroatoms. The Labute approximate surface area is 170 Å². The van der Waals surface area contributed by atoms with Crippen LogP contribution < -0.4 is 10.6 Å². The molecule has 170 valence electrons. The highest BCUT2D eigenvalue weighted by Gasteiger charge is 2.46. The first-order valence-corrected chi connectivity index (χ1v) is 9.53. The fraction of sp³-hybridized carbons (Fsp3) is 0.889. The number of piperidine rings is 1. The summed E-state index contributed by atoms with van der Waals surface area (Å²) in [7, 11) is 1.59. The Kier molecular flexibility index (Phi) is 8.96. The normalized spacial score (nSPS) is 23.7. The molecule has 1 saturated heterocycles. The summed E-state index contributed by atoms with van der Waals surface area (Å²) >= 11 is 0. The van der Waals surface area contributed by atoms with Crippen molar-refractivity contribution >= 4 is 11.8 Å². The van der Waals surface area contributed by atoms with E-state index >= 15 is 0 Å². The van der Waals surface area contributed by atoms with E-state index < -0.39 is 49.4 Å². The monoisotopic (exact) mass is 421 g/mol. The molecular weight excluding hydrogens is 386 g/mol. The third-order valence-electron chi connectivity index (χ3n) is 5.11. The highest BCUT2D eigenvalue weighted by Crippen LogP contribution is 2.38. The number of nitrogens with one attached hydrogen (secondary N) is 2. The number of rotatable bonds is 8. The van der Waals surface area contributed by atoms with Crippen LogP contribution in [0.2, 0.25) is 0 Å². The molecule has 1 rings (SSSR count). The lowest BCUT2D eigenvalue weighted by molar-refractivity contribution is -0.267. The number of aliphatic hydroxyl groups is 5. The first-order chi connectivity index (χ1) is 13.3. The molecule has 0 aromatic rings. The van der Waals surface area contributed by atoms with Crippen molar-refractivity contribution in [1.29, 1.82) is 0 Å². The lowest BCUT2D eigenvalue weighted by atomic mass is 9.79. The Balaban J connectivity index is 2.59. The maximum absolute atomic E-state index is 12.2. The predicted molar refractivity (Wildman–Crippen MR) is 102 cm³/mol. The van der Waals surface area contributed by atoms with Gasteiger partial charge in [-0.3, -0.25) is 9.59 Å². The van der Waals surface area contributed by atoms with E-state index in [0.717, 1.165) is 0 Å². The second-order valence-corrected chi connectivity index (χ2v) is 8.69. The molecule has 11 nitrogen and oxygen atoms in total. The van der Waals surface area contributed by atoms with Crippen molar-refractivity contribution in [1.82, 2.24) is 15.7 Å². The largest absolute Gasteiger partial charge is 0.394 e. The van der Waals surface area contributed by atoms with Gasteiger partial charge in [0.1, 0.15) is 18.3 Å². The van der Waals surface area contributed by atoms with Crippen molar-refractivity contribution in [3.8, 4) is 0 Å². The van der Waals surface area contributed by atoms with Gasteiger partial charge in [-0.15, -0.1) is 0 Å². The Hall–Kier alpha value is -1.34. The van der Waals surface area contributed by atoms with Gasteiger partial charge >= 0.3 is 11.8 Å². The lowest BCUT2D eigenvalue weighted by Crippen LogP contribution is -2.64. The van der Waals surface area contributed by atoms with Gasteiger partial charge in [-0.2, -0.15) is 5.06 Å². The zero-order valence-corrected chi connectivity index (χ0v) is 17.6. The molecule has 0 aliphatic carbocycles. The van der Waals surface area contributed by atoms with Crippen molar-refractivity contribution < 1.29 is 40.0 Å². The summed E-state index contributed by atoms with van der Waals surface area (Å²) in [5.41, 5.74) is -0.760. The lowest BCUT2D eigenvalue weighted by Gasteiger charge is -2.53. The number of carbonyl (C=O) groups is 2. The quantitative estimate of drug-likeness (QED) is 0.205. The summed E-state index contributed by atoms with van der Waals surface area (Å²) in [6, 6.07) is -0.276. The van der Waals surface area contributed by atoms with Gasteiger partial charge < -0.3 is 41.0 Å². The number of carbonyl (C=O) groups excluding carboxylic acids is 2. The third kappa shape index (κ3) is 6.57. The topological polar surface area (TPSA) is 172 Å². The van der Waals surface area contributed by atoms with E-state index in [4.69, 9.17) is 9.94 Å². The van der Waals surface area contributed by atoms with Crippen molar-refractivity contribution in [2.75, 3.05) is 20.3 Å². The van der Waals surface area contributed by atoms with Crippen LogP contribution in [0.15, 0.2) is 0 Å². The molecule has 2 amide bonds. The predicted octanol–water partition coefficient (Wildman–Crippen LogP) is -2.76. The molecule has 0 bridgehead atoms. The number of hydrogen-bond donors (Lipinski definition) is 7. The molecule has 0 aromatic carbocycles. The van der Waals surface area contributed by atoms with Crippen LogP contribution in [0.3, 0.4) is 0 Å². The summed E-state index contributed by atoms with van der Waals surface area (Å²) in [5, 5.41) is 53.8. The van der Waals surface area contributed by atoms with E-state index in [1.807, 2.05) is 32.8 Å². The minimum atomic E-state index is -1.82. The summed E-state index contributed by atoms with van der Waals surface area (Å²) < 4.78 is 0. The summed E-state index contributed by atoms with van der Waals surface area (Å²) in [5.74, 6) is -1.89. The van der Waals surface area contributed by atoms with Gasteiger partial charge in [0.15, 0.2) is 0 Å². The molecular formula is C18H35N3O8. The number of aliphatic hydroxyl groups excluding tert-OH is 5. The van der Waals surface area contributed by atoms with Crippen molar-refractivity contribution in [3.63, 3.8) is 0 Å². The Bertz CT molecular complexity index is 553. The van der Waals surface area contributed by atoms with Gasteiger partial charge in [-0.05, 0) is 40.5 Å². The van der Waals surface area contributed by atoms with Gasteiger partial charge in [-0.1, -0.05) is 0 Å².